The predicted octanol–water partition coefficient (Wildman–Crippen LogP) is 6.09. The molecule has 5 fully saturated rings. The summed E-state index contributed by atoms with van der Waals surface area (Å²) in [5.74, 6) is 0.970. The van der Waals surface area contributed by atoms with E-state index in [1.807, 2.05) is 12.1 Å². The highest BCUT2D eigenvalue weighted by atomic mass is 16.1. The van der Waals surface area contributed by atoms with Gasteiger partial charge in [0, 0.05) is 60.3 Å². The zero-order valence-corrected chi connectivity index (χ0v) is 24.1. The highest BCUT2D eigenvalue weighted by Gasteiger charge is 2.50. The smallest absolute Gasteiger partial charge is 0.251 e. The second-order valence-corrected chi connectivity index (χ2v) is 14.3. The Labute approximate surface area is 242 Å². The number of nitrogens with zero attached hydrogens (tertiary/aromatic N) is 2. The molecule has 0 bridgehead atoms. The van der Waals surface area contributed by atoms with Crippen molar-refractivity contribution in [1.82, 2.24) is 20.5 Å². The van der Waals surface area contributed by atoms with E-state index in [-0.39, 0.29) is 17.2 Å². The Balaban J connectivity index is 1.05. The maximum Gasteiger partial charge on any atom is 0.251 e. The topological polar surface area (TPSA) is 83.9 Å². The second-order valence-electron chi connectivity index (χ2n) is 14.3. The minimum atomic E-state index is 0.0556. The first-order valence-electron chi connectivity index (χ1n) is 15.8. The Bertz CT molecular complexity index is 1520. The minimum absolute atomic E-state index is 0.0556. The molecule has 3 heterocycles. The van der Waals surface area contributed by atoms with E-state index in [0.717, 1.165) is 63.8 Å². The number of likely N-dealkylation sites (tertiary alicyclic amines) is 1. The van der Waals surface area contributed by atoms with E-state index < -0.39 is 0 Å². The molecule has 3 N–H and O–H groups in total. The average Bonchev–Trinajstić information content (AvgIpc) is 3.64. The summed E-state index contributed by atoms with van der Waals surface area (Å²) in [6.07, 6.45) is 11.2. The summed E-state index contributed by atoms with van der Waals surface area (Å²) in [6.45, 7) is 6.43. The van der Waals surface area contributed by atoms with Crippen molar-refractivity contribution in [3.05, 3.63) is 70.4 Å². The van der Waals surface area contributed by atoms with Crippen molar-refractivity contribution in [2.24, 2.45) is 16.7 Å². The molecule has 1 atom stereocenters. The van der Waals surface area contributed by atoms with E-state index in [2.05, 4.69) is 64.0 Å². The zero-order chi connectivity index (χ0) is 27.8. The van der Waals surface area contributed by atoms with Crippen molar-refractivity contribution >= 4 is 16.8 Å². The molecule has 6 heteroatoms. The molecule has 41 heavy (non-hydrogen) atoms. The van der Waals surface area contributed by atoms with Gasteiger partial charge in [-0.1, -0.05) is 18.2 Å². The standard InChI is InChI=1S/C35H41N5O/c1-22-12-29(24-2-3-24)30(28-8-10-38-32(22)28)19-40-11-9-34(13-23(14-34)18-36)17-31(40)25-4-6-26(7-5-25)33(41)39-27-15-35(16-27)20-37-21-35/h4-8,10,12,23-24,27,31,37-38H,2-3,9,11,13-17,19-21H2,1H3,(H,39,41). The van der Waals surface area contributed by atoms with Crippen LogP contribution in [-0.2, 0) is 6.54 Å². The third kappa shape index (κ3) is 4.40. The van der Waals surface area contributed by atoms with Crippen LogP contribution >= 0.6 is 0 Å². The lowest BCUT2D eigenvalue weighted by atomic mass is 9.56. The number of nitrogens with one attached hydrogen (secondary N) is 3. The number of carbonyl (C=O) groups excluding carboxylic acids is 1. The van der Waals surface area contributed by atoms with E-state index >= 15 is 0 Å². The van der Waals surface area contributed by atoms with Crippen LogP contribution in [0.4, 0.5) is 0 Å². The summed E-state index contributed by atoms with van der Waals surface area (Å²) in [4.78, 5) is 19.2. The number of aryl methyl sites for hydroxylation is 1. The molecule has 1 aromatic heterocycles. The van der Waals surface area contributed by atoms with Gasteiger partial charge in [0.25, 0.3) is 5.91 Å². The highest BCUT2D eigenvalue weighted by molar-refractivity contribution is 5.94. The molecule has 3 aromatic rings. The number of rotatable bonds is 6. The summed E-state index contributed by atoms with van der Waals surface area (Å²) in [5, 5.41) is 17.5. The molecule has 2 aromatic carbocycles. The number of fused-ring (bicyclic) bond motifs is 1. The van der Waals surface area contributed by atoms with Crippen LogP contribution < -0.4 is 10.6 Å². The first kappa shape index (κ1) is 25.6. The van der Waals surface area contributed by atoms with E-state index in [9.17, 15) is 10.1 Å². The first-order valence-corrected chi connectivity index (χ1v) is 15.8. The fraction of sp³-hybridized carbons (Fsp3) is 0.543. The van der Waals surface area contributed by atoms with Crippen molar-refractivity contribution in [2.45, 2.75) is 82.8 Å². The lowest BCUT2D eigenvalue weighted by molar-refractivity contribution is -0.0297. The largest absolute Gasteiger partial charge is 0.361 e. The predicted molar refractivity (Wildman–Crippen MR) is 160 cm³/mol. The number of piperidine rings is 1. The molecule has 3 saturated carbocycles. The number of hydrogen-bond acceptors (Lipinski definition) is 4. The van der Waals surface area contributed by atoms with Gasteiger partial charge in [0.15, 0.2) is 0 Å². The van der Waals surface area contributed by atoms with Gasteiger partial charge in [0.2, 0.25) is 0 Å². The Morgan fingerprint density at radius 3 is 2.54 bits per heavy atom. The van der Waals surface area contributed by atoms with Crippen molar-refractivity contribution < 1.29 is 4.79 Å². The molecular weight excluding hydrogens is 506 g/mol. The number of nitriles is 1. The van der Waals surface area contributed by atoms with Crippen molar-refractivity contribution in [3.8, 4) is 6.07 Å². The summed E-state index contributed by atoms with van der Waals surface area (Å²) < 4.78 is 0. The molecule has 5 aliphatic rings. The molecule has 212 valence electrons. The summed E-state index contributed by atoms with van der Waals surface area (Å²) in [6, 6.07) is 16.3. The van der Waals surface area contributed by atoms with Crippen LogP contribution in [0.5, 0.6) is 0 Å². The van der Waals surface area contributed by atoms with E-state index in [0.29, 0.717) is 23.4 Å². The van der Waals surface area contributed by atoms with Crippen molar-refractivity contribution in [1.29, 1.82) is 5.26 Å². The molecule has 8 rings (SSSR count). The van der Waals surface area contributed by atoms with Crippen LogP contribution in [0.2, 0.25) is 0 Å². The van der Waals surface area contributed by atoms with E-state index in [1.54, 1.807) is 5.56 Å². The first-order chi connectivity index (χ1) is 19.9. The Hall–Kier alpha value is -3.14. The quantitative estimate of drug-likeness (QED) is 0.349. The molecule has 2 spiro atoms. The van der Waals surface area contributed by atoms with Crippen LogP contribution in [0.1, 0.15) is 95.9 Å². The van der Waals surface area contributed by atoms with Gasteiger partial charge in [0.05, 0.1) is 6.07 Å². The van der Waals surface area contributed by atoms with Gasteiger partial charge >= 0.3 is 0 Å². The van der Waals surface area contributed by atoms with E-state index in [4.69, 9.17) is 0 Å². The molecule has 1 amide bonds. The van der Waals surface area contributed by atoms with Crippen LogP contribution in [-0.4, -0.2) is 41.5 Å². The molecule has 1 unspecified atom stereocenters. The van der Waals surface area contributed by atoms with Gasteiger partial charge in [-0.2, -0.15) is 5.26 Å². The van der Waals surface area contributed by atoms with Gasteiger partial charge in [-0.25, -0.2) is 0 Å². The molecule has 6 nitrogen and oxygen atoms in total. The molecule has 0 radical (unpaired) electrons. The van der Waals surface area contributed by atoms with Crippen molar-refractivity contribution in [2.75, 3.05) is 19.6 Å². The van der Waals surface area contributed by atoms with Crippen molar-refractivity contribution in [3.63, 3.8) is 0 Å². The summed E-state index contributed by atoms with van der Waals surface area (Å²) in [5.41, 5.74) is 8.45. The SMILES string of the molecule is Cc1cc(C2CC2)c(CN2CCC3(CC(C#N)C3)CC2c2ccc(C(=O)NC3CC4(CNC4)C3)cc2)c2cc[nH]c12. The maximum atomic E-state index is 13.0. The fourth-order valence-corrected chi connectivity index (χ4v) is 8.76. The fourth-order valence-electron chi connectivity index (χ4n) is 8.76. The van der Waals surface area contributed by atoms with Crippen LogP contribution in [0, 0.1) is 35.0 Å². The lowest BCUT2D eigenvalue weighted by Gasteiger charge is -2.54. The maximum absolute atomic E-state index is 13.0. The highest BCUT2D eigenvalue weighted by Crippen LogP contribution is 2.57. The third-order valence-electron chi connectivity index (χ3n) is 11.4. The molecule has 2 saturated heterocycles. The van der Waals surface area contributed by atoms with Gasteiger partial charge in [-0.3, -0.25) is 9.69 Å². The number of hydrogen-bond donors (Lipinski definition) is 3. The average molecular weight is 548 g/mol. The molecule has 2 aliphatic heterocycles. The Kier molecular flexibility index (Phi) is 5.89. The van der Waals surface area contributed by atoms with Gasteiger partial charge < -0.3 is 15.6 Å². The van der Waals surface area contributed by atoms with Gasteiger partial charge in [-0.15, -0.1) is 0 Å². The number of benzene rings is 2. The summed E-state index contributed by atoms with van der Waals surface area (Å²) in [7, 11) is 0. The lowest BCUT2D eigenvalue weighted by Crippen LogP contribution is -2.65. The van der Waals surface area contributed by atoms with Crippen LogP contribution in [0.3, 0.4) is 0 Å². The van der Waals surface area contributed by atoms with Crippen LogP contribution in [0.25, 0.3) is 10.9 Å². The van der Waals surface area contributed by atoms with Crippen LogP contribution in [0.15, 0.2) is 42.6 Å². The zero-order valence-electron chi connectivity index (χ0n) is 24.1. The number of aromatic nitrogens is 1. The third-order valence-corrected chi connectivity index (χ3v) is 11.4. The van der Waals surface area contributed by atoms with Gasteiger partial charge in [-0.05, 0) is 122 Å². The number of aromatic amines is 1. The molecular formula is C35H41N5O. The number of carbonyl (C=O) groups is 1. The van der Waals surface area contributed by atoms with Gasteiger partial charge in [0.1, 0.15) is 0 Å². The minimum Gasteiger partial charge on any atom is -0.361 e. The Morgan fingerprint density at radius 2 is 1.85 bits per heavy atom. The summed E-state index contributed by atoms with van der Waals surface area (Å²) >= 11 is 0. The normalized spacial score (nSPS) is 25.4. The molecule has 3 aliphatic carbocycles. The number of H-pyrrole nitrogens is 1. The van der Waals surface area contributed by atoms with E-state index in [1.165, 1.54) is 46.9 Å². The second kappa shape index (κ2) is 9.44. The Morgan fingerprint density at radius 1 is 1.07 bits per heavy atom. The monoisotopic (exact) mass is 547 g/mol. The number of amides is 1.